The molecular formula is C14H20BBrFNO2. The van der Waals surface area contributed by atoms with Gasteiger partial charge in [0, 0.05) is 10.0 Å². The van der Waals surface area contributed by atoms with Crippen LogP contribution in [0.4, 0.5) is 4.39 Å². The van der Waals surface area contributed by atoms with Crippen LogP contribution in [0.25, 0.3) is 0 Å². The largest absolute Gasteiger partial charge is 0.480 e. The summed E-state index contributed by atoms with van der Waals surface area (Å²) in [7, 11) is -0.664. The van der Waals surface area contributed by atoms with E-state index in [1.807, 2.05) is 27.7 Å². The highest BCUT2D eigenvalue weighted by atomic mass is 79.9. The third kappa shape index (κ3) is 2.66. The molecule has 1 heterocycles. The van der Waals surface area contributed by atoms with Crippen molar-refractivity contribution in [2.24, 2.45) is 5.73 Å². The van der Waals surface area contributed by atoms with E-state index in [1.54, 1.807) is 19.1 Å². The van der Waals surface area contributed by atoms with Gasteiger partial charge in [-0.2, -0.15) is 0 Å². The van der Waals surface area contributed by atoms with E-state index in [0.717, 1.165) is 4.47 Å². The van der Waals surface area contributed by atoms with Gasteiger partial charge in [-0.25, -0.2) is 4.39 Å². The van der Waals surface area contributed by atoms with Gasteiger partial charge in [-0.15, -0.1) is 0 Å². The Hall–Kier alpha value is -0.425. The number of hydrogen-bond donors (Lipinski definition) is 1. The molecule has 1 fully saturated rings. The molecular weight excluding hydrogens is 324 g/mol. The van der Waals surface area contributed by atoms with Crippen LogP contribution in [0.2, 0.25) is 0 Å². The maximum Gasteiger partial charge on any atom is 0.480 e. The zero-order valence-electron chi connectivity index (χ0n) is 12.5. The average Bonchev–Trinajstić information content (AvgIpc) is 2.52. The fourth-order valence-electron chi connectivity index (χ4n) is 2.18. The third-order valence-corrected chi connectivity index (χ3v) is 4.63. The van der Waals surface area contributed by atoms with Crippen LogP contribution in [0.15, 0.2) is 16.6 Å². The summed E-state index contributed by atoms with van der Waals surface area (Å²) in [5.41, 5.74) is 6.15. The van der Waals surface area contributed by atoms with E-state index in [0.29, 0.717) is 11.1 Å². The second kappa shape index (κ2) is 5.09. The van der Waals surface area contributed by atoms with Crippen LogP contribution in [0, 0.1) is 12.7 Å². The Labute approximate surface area is 128 Å². The molecule has 20 heavy (non-hydrogen) atoms. The van der Waals surface area contributed by atoms with Crippen molar-refractivity contribution in [2.45, 2.75) is 51.8 Å². The summed E-state index contributed by atoms with van der Waals surface area (Å²) in [6, 6.07) is 3.40. The van der Waals surface area contributed by atoms with E-state index in [4.69, 9.17) is 15.0 Å². The van der Waals surface area contributed by atoms with Gasteiger partial charge in [-0.1, -0.05) is 15.9 Å². The monoisotopic (exact) mass is 343 g/mol. The van der Waals surface area contributed by atoms with Gasteiger partial charge in [0.2, 0.25) is 0 Å². The lowest BCUT2D eigenvalue weighted by molar-refractivity contribution is 0.00578. The van der Waals surface area contributed by atoms with Crippen LogP contribution in [0.3, 0.4) is 0 Å². The van der Waals surface area contributed by atoms with Gasteiger partial charge in [0.05, 0.1) is 17.1 Å². The molecule has 2 rings (SSSR count). The van der Waals surface area contributed by atoms with Gasteiger partial charge in [-0.05, 0) is 52.3 Å². The van der Waals surface area contributed by atoms with Gasteiger partial charge in [-0.3, -0.25) is 0 Å². The summed E-state index contributed by atoms with van der Waals surface area (Å²) < 4.78 is 26.8. The predicted octanol–water partition coefficient (Wildman–Crippen LogP) is 3.53. The Bertz CT molecular complexity index is 520. The van der Waals surface area contributed by atoms with E-state index >= 15 is 0 Å². The summed E-state index contributed by atoms with van der Waals surface area (Å²) in [6.07, 6.45) is 0. The maximum absolute atomic E-state index is 14.3. The van der Waals surface area contributed by atoms with E-state index in [9.17, 15) is 4.39 Å². The van der Waals surface area contributed by atoms with Crippen molar-refractivity contribution in [3.8, 4) is 0 Å². The molecule has 0 saturated carbocycles. The molecule has 0 spiro atoms. The molecule has 1 aromatic carbocycles. The lowest BCUT2D eigenvalue weighted by Gasteiger charge is -2.32. The first kappa shape index (κ1) is 16.0. The molecule has 1 aliphatic heterocycles. The first-order valence-corrected chi connectivity index (χ1v) is 7.41. The summed E-state index contributed by atoms with van der Waals surface area (Å²) >= 11 is 3.37. The molecule has 1 aromatic rings. The summed E-state index contributed by atoms with van der Waals surface area (Å²) in [5.74, 6) is -0.984. The molecule has 6 heteroatoms. The molecule has 2 N–H and O–H groups in total. The summed E-state index contributed by atoms with van der Waals surface area (Å²) in [6.45, 7) is 9.50. The molecule has 0 unspecified atom stereocenters. The topological polar surface area (TPSA) is 44.5 Å². The molecule has 110 valence electrons. The van der Waals surface area contributed by atoms with Crippen LogP contribution in [-0.4, -0.2) is 18.3 Å². The fourth-order valence-corrected chi connectivity index (χ4v) is 2.77. The number of aryl methyl sites for hydroxylation is 1. The molecule has 1 atom stereocenters. The van der Waals surface area contributed by atoms with Crippen molar-refractivity contribution in [1.82, 2.24) is 0 Å². The first-order valence-electron chi connectivity index (χ1n) is 6.62. The standard InChI is InChI=1S/C14H20BBrFNO2/c1-8-6-9(16)7-10(11(8)17)12(18)15-19-13(2,3)14(4,5)20-15/h6-7,12H,18H2,1-5H3/t12-/m1/s1. The predicted molar refractivity (Wildman–Crippen MR) is 81.8 cm³/mol. The first-order chi connectivity index (χ1) is 9.05. The van der Waals surface area contributed by atoms with Crippen molar-refractivity contribution in [2.75, 3.05) is 0 Å². The van der Waals surface area contributed by atoms with Gasteiger partial charge in [0.1, 0.15) is 5.82 Å². The number of nitrogens with two attached hydrogens (primary N) is 1. The highest BCUT2D eigenvalue weighted by molar-refractivity contribution is 9.10. The molecule has 0 radical (unpaired) electrons. The van der Waals surface area contributed by atoms with Crippen molar-refractivity contribution < 1.29 is 13.7 Å². The molecule has 0 aliphatic carbocycles. The van der Waals surface area contributed by atoms with E-state index in [-0.39, 0.29) is 5.82 Å². The molecule has 1 saturated heterocycles. The van der Waals surface area contributed by atoms with Crippen LogP contribution >= 0.6 is 15.9 Å². The minimum absolute atomic E-state index is 0.310. The van der Waals surface area contributed by atoms with Crippen LogP contribution in [0.5, 0.6) is 0 Å². The Morgan fingerprint density at radius 2 is 1.70 bits per heavy atom. The second-order valence-electron chi connectivity index (χ2n) is 6.28. The lowest BCUT2D eigenvalue weighted by atomic mass is 9.74. The number of benzene rings is 1. The highest BCUT2D eigenvalue weighted by Gasteiger charge is 2.53. The van der Waals surface area contributed by atoms with Gasteiger partial charge in [0.25, 0.3) is 0 Å². The zero-order valence-corrected chi connectivity index (χ0v) is 14.0. The Morgan fingerprint density at radius 3 is 2.20 bits per heavy atom. The normalized spacial score (nSPS) is 22.1. The minimum atomic E-state index is -0.674. The maximum atomic E-state index is 14.3. The van der Waals surface area contributed by atoms with Crippen LogP contribution < -0.4 is 5.73 Å². The number of rotatable bonds is 2. The smallest absolute Gasteiger partial charge is 0.402 e. The Balaban J connectivity index is 2.32. The second-order valence-corrected chi connectivity index (χ2v) is 7.19. The Kier molecular flexibility index (Phi) is 4.06. The van der Waals surface area contributed by atoms with Gasteiger partial charge >= 0.3 is 7.12 Å². The van der Waals surface area contributed by atoms with Crippen molar-refractivity contribution >= 4 is 23.0 Å². The quantitative estimate of drug-likeness (QED) is 0.835. The zero-order chi connectivity index (χ0) is 15.3. The van der Waals surface area contributed by atoms with Gasteiger partial charge in [0.15, 0.2) is 0 Å². The summed E-state index contributed by atoms with van der Waals surface area (Å²) in [4.78, 5) is 0. The minimum Gasteiger partial charge on any atom is -0.402 e. The molecule has 1 aliphatic rings. The van der Waals surface area contributed by atoms with Crippen molar-refractivity contribution in [1.29, 1.82) is 0 Å². The number of halogens is 2. The van der Waals surface area contributed by atoms with Crippen LogP contribution in [-0.2, 0) is 9.31 Å². The molecule has 0 amide bonds. The molecule has 0 aromatic heterocycles. The molecule has 0 bridgehead atoms. The SMILES string of the molecule is Cc1cc(Br)cc([C@@H](N)B2OC(C)(C)C(C)(C)O2)c1F. The van der Waals surface area contributed by atoms with Crippen molar-refractivity contribution in [3.63, 3.8) is 0 Å². The third-order valence-electron chi connectivity index (χ3n) is 4.17. The lowest BCUT2D eigenvalue weighted by Crippen LogP contribution is -2.41. The average molecular weight is 344 g/mol. The highest BCUT2D eigenvalue weighted by Crippen LogP contribution is 2.40. The van der Waals surface area contributed by atoms with Crippen molar-refractivity contribution in [3.05, 3.63) is 33.5 Å². The van der Waals surface area contributed by atoms with E-state index in [1.165, 1.54) is 0 Å². The fraction of sp³-hybridized carbons (Fsp3) is 0.571. The van der Waals surface area contributed by atoms with Crippen LogP contribution in [0.1, 0.15) is 44.8 Å². The van der Waals surface area contributed by atoms with E-state index < -0.39 is 24.3 Å². The van der Waals surface area contributed by atoms with Gasteiger partial charge < -0.3 is 15.0 Å². The summed E-state index contributed by atoms with van der Waals surface area (Å²) in [5, 5.41) is 0. The molecule has 3 nitrogen and oxygen atoms in total. The van der Waals surface area contributed by atoms with E-state index in [2.05, 4.69) is 15.9 Å². The Morgan fingerprint density at radius 1 is 1.20 bits per heavy atom. The number of hydrogen-bond acceptors (Lipinski definition) is 3.